The lowest BCUT2D eigenvalue weighted by molar-refractivity contribution is 1.05. The van der Waals surface area contributed by atoms with Crippen molar-refractivity contribution < 1.29 is 0 Å². The van der Waals surface area contributed by atoms with E-state index in [0.717, 1.165) is 33.7 Å². The summed E-state index contributed by atoms with van der Waals surface area (Å²) in [6.45, 7) is 0. The molecule has 0 aliphatic rings. The van der Waals surface area contributed by atoms with Gasteiger partial charge in [-0.1, -0.05) is 152 Å². The van der Waals surface area contributed by atoms with Crippen LogP contribution < -0.4 is 0 Å². The first-order valence-corrected chi connectivity index (χ1v) is 16.7. The lowest BCUT2D eigenvalue weighted by Crippen LogP contribution is -2.02. The molecule has 0 amide bonds. The van der Waals surface area contributed by atoms with E-state index in [2.05, 4.69) is 162 Å². The highest BCUT2D eigenvalue weighted by Gasteiger charge is 2.17. The quantitative estimate of drug-likeness (QED) is 0.144. The Balaban J connectivity index is 1.18. The minimum Gasteiger partial charge on any atom is -0.294 e. The molecule has 0 bridgehead atoms. The summed E-state index contributed by atoms with van der Waals surface area (Å²) < 4.78 is 2.27. The molecule has 8 aromatic carbocycles. The van der Waals surface area contributed by atoms with Crippen molar-refractivity contribution in [3.8, 4) is 39.6 Å². The lowest BCUT2D eigenvalue weighted by Gasteiger charge is -2.15. The standard InChI is InChI=1S/C46H29N3/c1-2-13-33(14-3-1)46-47-41(29-44(48-46)49-42-20-10-8-18-37(42)38-19-9-11-21-43(38)49)31-22-24-32(25-23-31)45-36-17-7-5-15-34(36)28-40-35-16-6-4-12-30(35)26-27-39(40)45/h1-29H. The summed E-state index contributed by atoms with van der Waals surface area (Å²) in [5.74, 6) is 1.54. The molecule has 2 aromatic heterocycles. The van der Waals surface area contributed by atoms with Crippen LogP contribution in [0.3, 0.4) is 0 Å². The van der Waals surface area contributed by atoms with E-state index < -0.39 is 0 Å². The molecule has 0 aliphatic carbocycles. The molecular formula is C46H29N3. The Morgan fingerprint density at radius 1 is 0.347 bits per heavy atom. The van der Waals surface area contributed by atoms with Crippen molar-refractivity contribution in [2.75, 3.05) is 0 Å². The van der Waals surface area contributed by atoms with Crippen molar-refractivity contribution in [3.63, 3.8) is 0 Å². The Labute approximate surface area is 283 Å². The van der Waals surface area contributed by atoms with Gasteiger partial charge in [-0.15, -0.1) is 0 Å². The van der Waals surface area contributed by atoms with E-state index in [0.29, 0.717) is 5.82 Å². The molecule has 3 nitrogen and oxygen atoms in total. The average molecular weight is 624 g/mol. The fourth-order valence-corrected chi connectivity index (χ4v) is 7.52. The largest absolute Gasteiger partial charge is 0.294 e. The Bertz CT molecular complexity index is 2810. The molecule has 0 radical (unpaired) electrons. The highest BCUT2D eigenvalue weighted by molar-refractivity contribution is 6.20. The highest BCUT2D eigenvalue weighted by atomic mass is 15.1. The first-order chi connectivity index (χ1) is 24.3. The van der Waals surface area contributed by atoms with E-state index in [9.17, 15) is 0 Å². The number of benzene rings is 8. The second-order valence-corrected chi connectivity index (χ2v) is 12.6. The van der Waals surface area contributed by atoms with E-state index in [-0.39, 0.29) is 0 Å². The van der Waals surface area contributed by atoms with Crippen LogP contribution in [0.15, 0.2) is 176 Å². The smallest absolute Gasteiger partial charge is 0.162 e. The van der Waals surface area contributed by atoms with Crippen LogP contribution >= 0.6 is 0 Å². The van der Waals surface area contributed by atoms with Gasteiger partial charge in [0.15, 0.2) is 5.82 Å². The maximum Gasteiger partial charge on any atom is 0.162 e. The van der Waals surface area contributed by atoms with Gasteiger partial charge in [0, 0.05) is 28.0 Å². The van der Waals surface area contributed by atoms with Gasteiger partial charge in [-0.25, -0.2) is 9.97 Å². The zero-order chi connectivity index (χ0) is 32.3. The fraction of sp³-hybridized carbons (Fsp3) is 0. The van der Waals surface area contributed by atoms with Crippen LogP contribution in [0.2, 0.25) is 0 Å². The number of hydrogen-bond donors (Lipinski definition) is 0. The summed E-state index contributed by atoms with van der Waals surface area (Å²) in [6.07, 6.45) is 0. The van der Waals surface area contributed by atoms with Crippen molar-refractivity contribution >= 4 is 54.1 Å². The zero-order valence-corrected chi connectivity index (χ0v) is 26.6. The highest BCUT2D eigenvalue weighted by Crippen LogP contribution is 2.40. The Kier molecular flexibility index (Phi) is 6.18. The van der Waals surface area contributed by atoms with Crippen LogP contribution in [0, 0.1) is 0 Å². The van der Waals surface area contributed by atoms with Crippen molar-refractivity contribution in [1.82, 2.24) is 14.5 Å². The number of hydrogen-bond acceptors (Lipinski definition) is 2. The lowest BCUT2D eigenvalue weighted by atomic mass is 9.89. The first kappa shape index (κ1) is 27.5. The van der Waals surface area contributed by atoms with E-state index in [4.69, 9.17) is 9.97 Å². The molecule has 0 unspecified atom stereocenters. The van der Waals surface area contributed by atoms with Crippen molar-refractivity contribution in [2.24, 2.45) is 0 Å². The molecule has 0 atom stereocenters. The first-order valence-electron chi connectivity index (χ1n) is 16.7. The molecule has 0 saturated heterocycles. The molecule has 3 heteroatoms. The predicted octanol–water partition coefficient (Wildman–Crippen LogP) is 12.0. The molecule has 10 aromatic rings. The molecule has 0 spiro atoms. The molecular weight excluding hydrogens is 595 g/mol. The van der Waals surface area contributed by atoms with Crippen LogP contribution in [0.4, 0.5) is 0 Å². The summed E-state index contributed by atoms with van der Waals surface area (Å²) in [5, 5.41) is 9.96. The van der Waals surface area contributed by atoms with E-state index in [1.807, 2.05) is 18.2 Å². The van der Waals surface area contributed by atoms with Crippen molar-refractivity contribution in [3.05, 3.63) is 176 Å². The second kappa shape index (κ2) is 11.0. The minimum absolute atomic E-state index is 0.700. The maximum absolute atomic E-state index is 5.18. The van der Waals surface area contributed by atoms with Gasteiger partial charge in [-0.2, -0.15) is 0 Å². The third-order valence-electron chi connectivity index (χ3n) is 9.79. The summed E-state index contributed by atoms with van der Waals surface area (Å²) in [5.41, 5.74) is 7.59. The zero-order valence-electron chi connectivity index (χ0n) is 26.6. The van der Waals surface area contributed by atoms with Gasteiger partial charge in [0.05, 0.1) is 16.7 Å². The third kappa shape index (κ3) is 4.44. The molecule has 2 heterocycles. The Morgan fingerprint density at radius 2 is 0.939 bits per heavy atom. The second-order valence-electron chi connectivity index (χ2n) is 12.6. The minimum atomic E-state index is 0.700. The molecule has 228 valence electrons. The number of nitrogens with zero attached hydrogens (tertiary/aromatic N) is 3. The Hall–Kier alpha value is -6.58. The van der Waals surface area contributed by atoms with Gasteiger partial charge >= 0.3 is 0 Å². The van der Waals surface area contributed by atoms with Crippen molar-refractivity contribution in [2.45, 2.75) is 0 Å². The van der Waals surface area contributed by atoms with Crippen LogP contribution in [0.1, 0.15) is 0 Å². The molecule has 0 N–H and O–H groups in total. The predicted molar refractivity (Wildman–Crippen MR) is 205 cm³/mol. The molecule has 0 saturated carbocycles. The third-order valence-corrected chi connectivity index (χ3v) is 9.79. The molecule has 0 fully saturated rings. The Morgan fingerprint density at radius 3 is 1.67 bits per heavy atom. The fourth-order valence-electron chi connectivity index (χ4n) is 7.52. The number of rotatable bonds is 4. The van der Waals surface area contributed by atoms with Crippen LogP contribution in [0.25, 0.3) is 93.7 Å². The molecule has 49 heavy (non-hydrogen) atoms. The molecule has 10 rings (SSSR count). The van der Waals surface area contributed by atoms with Crippen LogP contribution in [-0.4, -0.2) is 14.5 Å². The maximum atomic E-state index is 5.18. The van der Waals surface area contributed by atoms with Crippen molar-refractivity contribution in [1.29, 1.82) is 0 Å². The van der Waals surface area contributed by atoms with Gasteiger partial charge in [-0.3, -0.25) is 4.57 Å². The summed E-state index contributed by atoms with van der Waals surface area (Å²) in [4.78, 5) is 10.3. The number of para-hydroxylation sites is 2. The summed E-state index contributed by atoms with van der Waals surface area (Å²) in [6, 6.07) is 62.6. The van der Waals surface area contributed by atoms with Crippen LogP contribution in [-0.2, 0) is 0 Å². The van der Waals surface area contributed by atoms with Crippen LogP contribution in [0.5, 0.6) is 0 Å². The van der Waals surface area contributed by atoms with E-state index in [1.54, 1.807) is 0 Å². The van der Waals surface area contributed by atoms with E-state index >= 15 is 0 Å². The van der Waals surface area contributed by atoms with Gasteiger partial charge in [0.1, 0.15) is 5.82 Å². The summed E-state index contributed by atoms with van der Waals surface area (Å²) >= 11 is 0. The molecule has 0 aliphatic heterocycles. The van der Waals surface area contributed by atoms with Gasteiger partial charge < -0.3 is 0 Å². The number of fused-ring (bicyclic) bond motifs is 7. The normalized spacial score (nSPS) is 11.7. The SMILES string of the molecule is c1ccc(-c2nc(-c3ccc(-c4c5ccccc5cc5c4ccc4ccccc45)cc3)cc(-n3c4ccccc4c4ccccc43)n2)cc1. The van der Waals surface area contributed by atoms with Gasteiger partial charge in [0.25, 0.3) is 0 Å². The average Bonchev–Trinajstić information content (AvgIpc) is 3.52. The van der Waals surface area contributed by atoms with Gasteiger partial charge in [-0.05, 0) is 61.6 Å². The van der Waals surface area contributed by atoms with Gasteiger partial charge in [0.2, 0.25) is 0 Å². The topological polar surface area (TPSA) is 30.7 Å². The monoisotopic (exact) mass is 623 g/mol. The number of aromatic nitrogens is 3. The summed E-state index contributed by atoms with van der Waals surface area (Å²) in [7, 11) is 0. The van der Waals surface area contributed by atoms with E-state index in [1.165, 1.54) is 54.2 Å².